The van der Waals surface area contributed by atoms with Crippen LogP contribution in [0.3, 0.4) is 0 Å². The quantitative estimate of drug-likeness (QED) is 0.804. The van der Waals surface area contributed by atoms with Crippen LogP contribution >= 0.6 is 11.3 Å². The maximum atomic E-state index is 4.59. The molecule has 2 aromatic heterocycles. The Bertz CT molecular complexity index is 523. The monoisotopic (exact) mass is 278 g/mol. The van der Waals surface area contributed by atoms with E-state index in [9.17, 15) is 0 Å². The number of aromatic nitrogens is 2. The van der Waals surface area contributed by atoms with E-state index >= 15 is 0 Å². The average molecular weight is 278 g/mol. The van der Waals surface area contributed by atoms with Crippen molar-refractivity contribution in [3.8, 4) is 0 Å². The van der Waals surface area contributed by atoms with E-state index in [4.69, 9.17) is 0 Å². The second-order valence-corrected chi connectivity index (χ2v) is 5.75. The third-order valence-electron chi connectivity index (χ3n) is 3.17. The van der Waals surface area contributed by atoms with E-state index < -0.39 is 0 Å². The summed E-state index contributed by atoms with van der Waals surface area (Å²) in [7, 11) is 0. The van der Waals surface area contributed by atoms with Gasteiger partial charge in [-0.1, -0.05) is 27.2 Å². The second kappa shape index (κ2) is 6.70. The number of hydrogen-bond donors (Lipinski definition) is 2. The van der Waals surface area contributed by atoms with Crippen LogP contribution in [0.2, 0.25) is 0 Å². The number of nitrogens with one attached hydrogen (secondary N) is 2. The number of thiophene rings is 1. The lowest BCUT2D eigenvalue weighted by molar-refractivity contribution is 0.593. The zero-order valence-electron chi connectivity index (χ0n) is 11.9. The van der Waals surface area contributed by atoms with Gasteiger partial charge in [-0.15, -0.1) is 11.3 Å². The molecule has 0 bridgehead atoms. The van der Waals surface area contributed by atoms with Gasteiger partial charge >= 0.3 is 0 Å². The lowest BCUT2D eigenvalue weighted by Gasteiger charge is -2.12. The molecule has 19 heavy (non-hydrogen) atoms. The van der Waals surface area contributed by atoms with E-state index in [1.54, 1.807) is 11.3 Å². The van der Waals surface area contributed by atoms with Crippen molar-refractivity contribution in [2.75, 3.05) is 23.7 Å². The molecular weight excluding hydrogens is 256 g/mol. The van der Waals surface area contributed by atoms with Crippen LogP contribution in [-0.4, -0.2) is 23.1 Å². The van der Waals surface area contributed by atoms with Gasteiger partial charge in [0, 0.05) is 13.1 Å². The van der Waals surface area contributed by atoms with Gasteiger partial charge in [-0.3, -0.25) is 0 Å². The van der Waals surface area contributed by atoms with Crippen LogP contribution < -0.4 is 10.6 Å². The van der Waals surface area contributed by atoms with Crippen LogP contribution in [-0.2, 0) is 0 Å². The molecule has 5 heteroatoms. The lowest BCUT2D eigenvalue weighted by atomic mass is 10.1. The molecule has 0 aromatic carbocycles. The predicted octanol–water partition coefficient (Wildman–Crippen LogP) is 3.97. The van der Waals surface area contributed by atoms with Gasteiger partial charge in [-0.25, -0.2) is 4.98 Å². The summed E-state index contributed by atoms with van der Waals surface area (Å²) >= 11 is 1.66. The lowest BCUT2D eigenvalue weighted by Crippen LogP contribution is -2.13. The molecule has 4 nitrogen and oxygen atoms in total. The molecule has 1 unspecified atom stereocenters. The standard InChI is InChI=1S/C14H22N4S/c1-4-7-15-14-17-12(16-9-10(3)5-2)11-6-8-19-13(11)18-14/h6,8,10H,4-5,7,9H2,1-3H3,(H2,15,16,17,18). The third-order valence-corrected chi connectivity index (χ3v) is 3.98. The molecule has 0 aliphatic heterocycles. The highest BCUT2D eigenvalue weighted by Crippen LogP contribution is 2.26. The summed E-state index contributed by atoms with van der Waals surface area (Å²) in [6.45, 7) is 8.45. The van der Waals surface area contributed by atoms with E-state index in [-0.39, 0.29) is 0 Å². The van der Waals surface area contributed by atoms with E-state index in [1.807, 2.05) is 0 Å². The first-order valence-corrected chi connectivity index (χ1v) is 7.85. The highest BCUT2D eigenvalue weighted by Gasteiger charge is 2.09. The Labute approximate surface area is 118 Å². The molecular formula is C14H22N4S. The summed E-state index contributed by atoms with van der Waals surface area (Å²) in [4.78, 5) is 10.2. The van der Waals surface area contributed by atoms with Crippen LogP contribution in [0.5, 0.6) is 0 Å². The van der Waals surface area contributed by atoms with Gasteiger partial charge < -0.3 is 10.6 Å². The van der Waals surface area contributed by atoms with E-state index in [2.05, 4.69) is 52.8 Å². The fourth-order valence-electron chi connectivity index (χ4n) is 1.72. The van der Waals surface area contributed by atoms with Crippen molar-refractivity contribution >= 4 is 33.3 Å². The Morgan fingerprint density at radius 1 is 1.26 bits per heavy atom. The molecule has 0 aliphatic carbocycles. The van der Waals surface area contributed by atoms with E-state index in [1.165, 1.54) is 6.42 Å². The number of nitrogens with zero attached hydrogens (tertiary/aromatic N) is 2. The molecule has 0 radical (unpaired) electrons. The summed E-state index contributed by atoms with van der Waals surface area (Å²) in [5.41, 5.74) is 0. The molecule has 2 N–H and O–H groups in total. The van der Waals surface area contributed by atoms with Crippen LogP contribution in [0.1, 0.15) is 33.6 Å². The summed E-state index contributed by atoms with van der Waals surface area (Å²) in [6, 6.07) is 2.09. The molecule has 0 amide bonds. The molecule has 0 spiro atoms. The van der Waals surface area contributed by atoms with Crippen LogP contribution in [0.4, 0.5) is 11.8 Å². The molecule has 0 aliphatic rings. The van der Waals surface area contributed by atoms with Crippen molar-refractivity contribution in [3.05, 3.63) is 11.4 Å². The Morgan fingerprint density at radius 3 is 2.84 bits per heavy atom. The summed E-state index contributed by atoms with van der Waals surface area (Å²) in [5, 5.41) is 9.91. The minimum atomic E-state index is 0.649. The molecule has 1 atom stereocenters. The molecule has 104 valence electrons. The highest BCUT2D eigenvalue weighted by molar-refractivity contribution is 7.16. The zero-order valence-corrected chi connectivity index (χ0v) is 12.7. The van der Waals surface area contributed by atoms with Gasteiger partial charge in [-0.05, 0) is 23.8 Å². The first kappa shape index (κ1) is 14.1. The smallest absolute Gasteiger partial charge is 0.226 e. The van der Waals surface area contributed by atoms with E-state index in [0.29, 0.717) is 5.92 Å². The van der Waals surface area contributed by atoms with Gasteiger partial charge in [0.1, 0.15) is 10.6 Å². The van der Waals surface area contributed by atoms with Crippen molar-refractivity contribution in [1.82, 2.24) is 9.97 Å². The normalized spacial score (nSPS) is 12.6. The average Bonchev–Trinajstić information content (AvgIpc) is 2.90. The van der Waals surface area contributed by atoms with Gasteiger partial charge in [0.15, 0.2) is 0 Å². The SMILES string of the molecule is CCCNc1nc(NCC(C)CC)c2ccsc2n1. The Kier molecular flexibility index (Phi) is 4.96. The van der Waals surface area contributed by atoms with Crippen LogP contribution in [0, 0.1) is 5.92 Å². The largest absolute Gasteiger partial charge is 0.369 e. The third kappa shape index (κ3) is 3.56. The van der Waals surface area contributed by atoms with Gasteiger partial charge in [0.2, 0.25) is 5.95 Å². The Morgan fingerprint density at radius 2 is 2.11 bits per heavy atom. The fraction of sp³-hybridized carbons (Fsp3) is 0.571. The summed E-state index contributed by atoms with van der Waals surface area (Å²) < 4.78 is 0. The zero-order chi connectivity index (χ0) is 13.7. The van der Waals surface area contributed by atoms with Crippen LogP contribution in [0.25, 0.3) is 10.2 Å². The topological polar surface area (TPSA) is 49.8 Å². The summed E-state index contributed by atoms with van der Waals surface area (Å²) in [5.74, 6) is 2.32. The van der Waals surface area contributed by atoms with Crippen LogP contribution in [0.15, 0.2) is 11.4 Å². The minimum absolute atomic E-state index is 0.649. The number of hydrogen-bond acceptors (Lipinski definition) is 5. The first-order chi connectivity index (χ1) is 9.24. The maximum Gasteiger partial charge on any atom is 0.226 e. The Balaban J connectivity index is 2.21. The highest BCUT2D eigenvalue weighted by atomic mass is 32.1. The van der Waals surface area contributed by atoms with Crippen molar-refractivity contribution < 1.29 is 0 Å². The van der Waals surface area contributed by atoms with Crippen molar-refractivity contribution in [2.45, 2.75) is 33.6 Å². The van der Waals surface area contributed by atoms with Gasteiger partial charge in [-0.2, -0.15) is 4.98 Å². The molecule has 0 fully saturated rings. The second-order valence-electron chi connectivity index (χ2n) is 4.86. The maximum absolute atomic E-state index is 4.59. The van der Waals surface area contributed by atoms with E-state index in [0.717, 1.165) is 41.5 Å². The van der Waals surface area contributed by atoms with Crippen molar-refractivity contribution in [3.63, 3.8) is 0 Å². The van der Waals surface area contributed by atoms with Gasteiger partial charge in [0.05, 0.1) is 5.39 Å². The molecule has 2 aromatic rings. The fourth-order valence-corrected chi connectivity index (χ4v) is 2.49. The summed E-state index contributed by atoms with van der Waals surface area (Å²) in [6.07, 6.45) is 2.24. The molecule has 2 rings (SSSR count). The number of fused-ring (bicyclic) bond motifs is 1. The van der Waals surface area contributed by atoms with Gasteiger partial charge in [0.25, 0.3) is 0 Å². The molecule has 0 saturated heterocycles. The molecule has 0 saturated carbocycles. The number of anilines is 2. The van der Waals surface area contributed by atoms with Crippen molar-refractivity contribution in [2.24, 2.45) is 5.92 Å². The number of rotatable bonds is 7. The van der Waals surface area contributed by atoms with Crippen molar-refractivity contribution in [1.29, 1.82) is 0 Å². The Hall–Kier alpha value is -1.36. The minimum Gasteiger partial charge on any atom is -0.369 e. The first-order valence-electron chi connectivity index (χ1n) is 6.97. The molecule has 2 heterocycles. The predicted molar refractivity (Wildman–Crippen MR) is 84.1 cm³/mol.